The molecule has 1 N–H and O–H groups in total. The Hall–Kier alpha value is -1.44. The van der Waals surface area contributed by atoms with Gasteiger partial charge in [-0.1, -0.05) is 19.4 Å². The highest BCUT2D eigenvalue weighted by Gasteiger charge is 2.29. The van der Waals surface area contributed by atoms with Gasteiger partial charge in [-0.2, -0.15) is 4.31 Å². The Labute approximate surface area is 169 Å². The van der Waals surface area contributed by atoms with Crippen molar-refractivity contribution in [3.63, 3.8) is 0 Å². The van der Waals surface area contributed by atoms with Gasteiger partial charge in [-0.25, -0.2) is 8.42 Å². The van der Waals surface area contributed by atoms with E-state index in [1.54, 1.807) is 10.4 Å². The molecule has 7 heteroatoms. The standard InChI is InChI=1S/C21H33N3O3S/c1-3-6-17(2)22-21(25)16-23-11-13-24(14-12-23)28(26,27)20-10-9-18-7-4-5-8-19(18)15-20/h9-10,15,17H,3-8,11-14,16H2,1-2H3,(H,22,25)/t17-/m1/s1. The van der Waals surface area contributed by atoms with Crippen LogP contribution < -0.4 is 5.32 Å². The first-order valence-electron chi connectivity index (χ1n) is 10.5. The summed E-state index contributed by atoms with van der Waals surface area (Å²) in [6, 6.07) is 5.80. The molecule has 1 fully saturated rings. The van der Waals surface area contributed by atoms with Gasteiger partial charge in [0.1, 0.15) is 0 Å². The van der Waals surface area contributed by atoms with Crippen molar-refractivity contribution in [2.24, 2.45) is 0 Å². The number of amides is 1. The summed E-state index contributed by atoms with van der Waals surface area (Å²) in [6.07, 6.45) is 6.35. The number of nitrogens with zero attached hydrogens (tertiary/aromatic N) is 2. The van der Waals surface area contributed by atoms with Gasteiger partial charge >= 0.3 is 0 Å². The van der Waals surface area contributed by atoms with Gasteiger partial charge in [0.05, 0.1) is 11.4 Å². The third kappa shape index (κ3) is 5.13. The lowest BCUT2D eigenvalue weighted by Gasteiger charge is -2.34. The summed E-state index contributed by atoms with van der Waals surface area (Å²) in [6.45, 7) is 6.48. The summed E-state index contributed by atoms with van der Waals surface area (Å²) in [5.74, 6) is 0.0203. The van der Waals surface area contributed by atoms with Crippen LogP contribution in [0.3, 0.4) is 0 Å². The quantitative estimate of drug-likeness (QED) is 0.752. The molecule has 1 atom stereocenters. The number of carbonyl (C=O) groups is 1. The monoisotopic (exact) mass is 407 g/mol. The van der Waals surface area contributed by atoms with Crippen LogP contribution in [0.25, 0.3) is 0 Å². The van der Waals surface area contributed by atoms with Crippen LogP contribution in [0.15, 0.2) is 23.1 Å². The number of piperazine rings is 1. The van der Waals surface area contributed by atoms with E-state index >= 15 is 0 Å². The number of benzene rings is 1. The highest BCUT2D eigenvalue weighted by atomic mass is 32.2. The summed E-state index contributed by atoms with van der Waals surface area (Å²) in [5, 5.41) is 3.01. The van der Waals surface area contributed by atoms with Crippen LogP contribution in [0.2, 0.25) is 0 Å². The molecule has 1 aromatic rings. The summed E-state index contributed by atoms with van der Waals surface area (Å²) in [7, 11) is -3.47. The minimum absolute atomic E-state index is 0.0203. The first kappa shape index (κ1) is 21.3. The Balaban J connectivity index is 1.56. The summed E-state index contributed by atoms with van der Waals surface area (Å²) in [4.78, 5) is 14.6. The second-order valence-electron chi connectivity index (χ2n) is 8.08. The van der Waals surface area contributed by atoms with Crippen LogP contribution in [0.5, 0.6) is 0 Å². The molecule has 1 aliphatic carbocycles. The number of aryl methyl sites for hydroxylation is 2. The van der Waals surface area contributed by atoms with Crippen molar-refractivity contribution >= 4 is 15.9 Å². The van der Waals surface area contributed by atoms with Crippen LogP contribution in [-0.2, 0) is 27.7 Å². The van der Waals surface area contributed by atoms with E-state index in [2.05, 4.69) is 12.2 Å². The average molecular weight is 408 g/mol. The molecule has 0 aromatic heterocycles. The Morgan fingerprint density at radius 1 is 1.11 bits per heavy atom. The number of fused-ring (bicyclic) bond motifs is 1. The normalized spacial score (nSPS) is 19.8. The Kier molecular flexibility index (Phi) is 7.12. The molecule has 1 aliphatic heterocycles. The summed E-state index contributed by atoms with van der Waals surface area (Å²) in [5.41, 5.74) is 2.47. The van der Waals surface area contributed by atoms with Gasteiger partial charge in [-0.15, -0.1) is 0 Å². The highest BCUT2D eigenvalue weighted by Crippen LogP contribution is 2.26. The maximum atomic E-state index is 13.0. The van der Waals surface area contributed by atoms with Gasteiger partial charge in [-0.05, 0) is 62.3 Å². The van der Waals surface area contributed by atoms with Gasteiger partial charge < -0.3 is 5.32 Å². The molecule has 1 heterocycles. The molecule has 156 valence electrons. The van der Waals surface area contributed by atoms with Crippen molar-refractivity contribution in [3.05, 3.63) is 29.3 Å². The Morgan fingerprint density at radius 2 is 1.79 bits per heavy atom. The van der Waals surface area contributed by atoms with Crippen LogP contribution in [0.1, 0.15) is 50.7 Å². The summed E-state index contributed by atoms with van der Waals surface area (Å²) >= 11 is 0. The number of carbonyl (C=O) groups excluding carboxylic acids is 1. The number of hydrogen-bond acceptors (Lipinski definition) is 4. The average Bonchev–Trinajstić information content (AvgIpc) is 2.68. The predicted octanol–water partition coefficient (Wildman–Crippen LogP) is 2.18. The maximum absolute atomic E-state index is 13.0. The second-order valence-corrected chi connectivity index (χ2v) is 10.0. The minimum Gasteiger partial charge on any atom is -0.353 e. The zero-order chi connectivity index (χ0) is 20.1. The van der Waals surface area contributed by atoms with E-state index in [4.69, 9.17) is 0 Å². The number of sulfonamides is 1. The smallest absolute Gasteiger partial charge is 0.243 e. The number of hydrogen-bond donors (Lipinski definition) is 1. The van der Waals surface area contributed by atoms with E-state index in [1.165, 1.54) is 17.5 Å². The molecular formula is C21H33N3O3S. The zero-order valence-corrected chi connectivity index (χ0v) is 17.9. The van der Waals surface area contributed by atoms with Crippen LogP contribution in [0, 0.1) is 0 Å². The van der Waals surface area contributed by atoms with Crippen LogP contribution in [0.4, 0.5) is 0 Å². The molecule has 0 bridgehead atoms. The van der Waals surface area contributed by atoms with Crippen molar-refractivity contribution in [1.29, 1.82) is 0 Å². The molecule has 3 rings (SSSR count). The first-order chi connectivity index (χ1) is 13.4. The van der Waals surface area contributed by atoms with E-state index in [1.807, 2.05) is 24.0 Å². The van der Waals surface area contributed by atoms with Gasteiger partial charge in [0.2, 0.25) is 15.9 Å². The fourth-order valence-corrected chi connectivity index (χ4v) is 5.65. The maximum Gasteiger partial charge on any atom is 0.243 e. The Morgan fingerprint density at radius 3 is 2.46 bits per heavy atom. The van der Waals surface area contributed by atoms with Crippen LogP contribution >= 0.6 is 0 Å². The lowest BCUT2D eigenvalue weighted by molar-refractivity contribution is -0.123. The van der Waals surface area contributed by atoms with Crippen molar-refractivity contribution in [2.45, 2.75) is 63.3 Å². The minimum atomic E-state index is -3.47. The molecule has 1 saturated heterocycles. The molecule has 0 unspecified atom stereocenters. The van der Waals surface area contributed by atoms with Crippen molar-refractivity contribution in [3.8, 4) is 0 Å². The lowest BCUT2D eigenvalue weighted by Crippen LogP contribution is -2.51. The highest BCUT2D eigenvalue weighted by molar-refractivity contribution is 7.89. The summed E-state index contributed by atoms with van der Waals surface area (Å²) < 4.78 is 27.7. The Bertz CT molecular complexity index is 786. The molecule has 0 radical (unpaired) electrons. The van der Waals surface area contributed by atoms with Gasteiger partial charge in [0.25, 0.3) is 0 Å². The number of rotatable bonds is 7. The molecule has 0 saturated carbocycles. The second kappa shape index (κ2) is 9.37. The van der Waals surface area contributed by atoms with E-state index in [-0.39, 0.29) is 11.9 Å². The van der Waals surface area contributed by atoms with Gasteiger partial charge in [0.15, 0.2) is 0 Å². The van der Waals surface area contributed by atoms with Gasteiger partial charge in [-0.3, -0.25) is 9.69 Å². The van der Waals surface area contributed by atoms with Crippen molar-refractivity contribution in [1.82, 2.24) is 14.5 Å². The van der Waals surface area contributed by atoms with E-state index in [9.17, 15) is 13.2 Å². The van der Waals surface area contributed by atoms with Crippen molar-refractivity contribution < 1.29 is 13.2 Å². The van der Waals surface area contributed by atoms with Crippen LogP contribution in [-0.4, -0.2) is 62.3 Å². The largest absolute Gasteiger partial charge is 0.353 e. The first-order valence-corrected chi connectivity index (χ1v) is 12.0. The molecule has 1 aromatic carbocycles. The molecular weight excluding hydrogens is 374 g/mol. The van der Waals surface area contributed by atoms with E-state index in [0.717, 1.165) is 32.1 Å². The molecule has 0 spiro atoms. The van der Waals surface area contributed by atoms with Crippen molar-refractivity contribution in [2.75, 3.05) is 32.7 Å². The third-order valence-electron chi connectivity index (χ3n) is 5.79. The van der Waals surface area contributed by atoms with E-state index in [0.29, 0.717) is 37.6 Å². The van der Waals surface area contributed by atoms with E-state index < -0.39 is 10.0 Å². The topological polar surface area (TPSA) is 69.7 Å². The fraction of sp³-hybridized carbons (Fsp3) is 0.667. The molecule has 2 aliphatic rings. The molecule has 6 nitrogen and oxygen atoms in total. The third-order valence-corrected chi connectivity index (χ3v) is 7.68. The fourth-order valence-electron chi connectivity index (χ4n) is 4.18. The van der Waals surface area contributed by atoms with Gasteiger partial charge in [0, 0.05) is 32.2 Å². The predicted molar refractivity (Wildman–Crippen MR) is 111 cm³/mol. The zero-order valence-electron chi connectivity index (χ0n) is 17.1. The lowest BCUT2D eigenvalue weighted by atomic mass is 9.92. The SMILES string of the molecule is CCC[C@@H](C)NC(=O)CN1CCN(S(=O)(=O)c2ccc3c(c2)CCCC3)CC1. The number of nitrogens with one attached hydrogen (secondary N) is 1. The molecule has 1 amide bonds. The molecule has 28 heavy (non-hydrogen) atoms.